The quantitative estimate of drug-likeness (QED) is 0.562. The maximum absolute atomic E-state index is 14.6. The van der Waals surface area contributed by atoms with Crippen molar-refractivity contribution in [1.29, 1.82) is 0 Å². The molecule has 0 saturated carbocycles. The summed E-state index contributed by atoms with van der Waals surface area (Å²) in [5, 5.41) is 13.3. The van der Waals surface area contributed by atoms with Crippen molar-refractivity contribution in [3.05, 3.63) is 75.3 Å². The lowest BCUT2D eigenvalue weighted by Crippen LogP contribution is -2.26. The van der Waals surface area contributed by atoms with E-state index in [0.29, 0.717) is 17.4 Å². The first-order chi connectivity index (χ1) is 14.3. The van der Waals surface area contributed by atoms with Gasteiger partial charge in [-0.15, -0.1) is 5.10 Å². The third-order valence-corrected chi connectivity index (χ3v) is 4.32. The van der Waals surface area contributed by atoms with Gasteiger partial charge in [-0.3, -0.25) is 9.36 Å². The van der Waals surface area contributed by atoms with Crippen molar-refractivity contribution in [3.8, 4) is 5.82 Å². The Kier molecular flexibility index (Phi) is 6.17. The zero-order chi connectivity index (χ0) is 21.8. The number of carboxylic acid groups (broad SMARTS) is 1. The number of Topliss-reactive ketones (excluding diaryl/α,β-unsaturated/α-hetero) is 1. The summed E-state index contributed by atoms with van der Waals surface area (Å²) in [6.45, 7) is 3.34. The Balaban J connectivity index is 1.97. The Morgan fingerprint density at radius 1 is 1.20 bits per heavy atom. The van der Waals surface area contributed by atoms with Crippen molar-refractivity contribution < 1.29 is 23.8 Å². The van der Waals surface area contributed by atoms with Gasteiger partial charge in [0.2, 0.25) is 0 Å². The second-order valence-electron chi connectivity index (χ2n) is 6.38. The fourth-order valence-electron chi connectivity index (χ4n) is 2.89. The van der Waals surface area contributed by atoms with Gasteiger partial charge in [-0.05, 0) is 18.6 Å². The summed E-state index contributed by atoms with van der Waals surface area (Å²) < 4.78 is 22.2. The highest BCUT2D eigenvalue weighted by Gasteiger charge is 2.23. The van der Waals surface area contributed by atoms with Crippen LogP contribution in [-0.4, -0.2) is 36.2 Å². The highest BCUT2D eigenvalue weighted by molar-refractivity contribution is 6.03. The van der Waals surface area contributed by atoms with Gasteiger partial charge >= 0.3 is 11.7 Å². The number of pyridine rings is 1. The van der Waals surface area contributed by atoms with E-state index in [2.05, 4.69) is 10.1 Å². The molecule has 0 fully saturated rings. The van der Waals surface area contributed by atoms with Crippen LogP contribution in [0.4, 0.5) is 4.39 Å². The molecule has 156 valence electrons. The molecular formula is C20H19FN4O5. The van der Waals surface area contributed by atoms with E-state index in [9.17, 15) is 18.8 Å². The van der Waals surface area contributed by atoms with Crippen molar-refractivity contribution in [2.45, 2.75) is 33.6 Å². The third-order valence-electron chi connectivity index (χ3n) is 4.32. The maximum atomic E-state index is 14.6. The number of hydrogen-bond acceptors (Lipinski definition) is 6. The number of carbonyl (C=O) groups excluding carboxylic acids is 1. The molecule has 0 atom stereocenters. The van der Waals surface area contributed by atoms with E-state index in [1.165, 1.54) is 4.57 Å². The van der Waals surface area contributed by atoms with Crippen molar-refractivity contribution >= 4 is 11.8 Å². The minimum atomic E-state index is -1.50. The molecule has 0 saturated heterocycles. The number of ether oxygens (including phenoxy) is 1. The summed E-state index contributed by atoms with van der Waals surface area (Å²) >= 11 is 0. The summed E-state index contributed by atoms with van der Waals surface area (Å²) in [5.74, 6) is -3.57. The van der Waals surface area contributed by atoms with Gasteiger partial charge < -0.3 is 9.84 Å². The molecule has 0 aliphatic carbocycles. The maximum Gasteiger partial charge on any atom is 0.352 e. The Morgan fingerprint density at radius 3 is 2.50 bits per heavy atom. The Labute approximate surface area is 170 Å². The molecule has 0 aliphatic heterocycles. The molecule has 9 nitrogen and oxygen atoms in total. The van der Waals surface area contributed by atoms with E-state index in [0.717, 1.165) is 12.5 Å². The topological polar surface area (TPSA) is 116 Å². The van der Waals surface area contributed by atoms with Crippen LogP contribution in [-0.2, 0) is 24.5 Å². The molecule has 3 rings (SSSR count). The van der Waals surface area contributed by atoms with Crippen LogP contribution in [0.2, 0.25) is 0 Å². The smallest absolute Gasteiger partial charge is 0.352 e. The highest BCUT2D eigenvalue weighted by Crippen LogP contribution is 2.16. The van der Waals surface area contributed by atoms with E-state index in [-0.39, 0.29) is 19.0 Å². The number of hydrogen-bond donors (Lipinski definition) is 1. The van der Waals surface area contributed by atoms with Gasteiger partial charge in [0.15, 0.2) is 23.2 Å². The van der Waals surface area contributed by atoms with Gasteiger partial charge in [-0.25, -0.2) is 19.0 Å². The normalized spacial score (nSPS) is 10.9. The van der Waals surface area contributed by atoms with Crippen molar-refractivity contribution in [2.24, 2.45) is 0 Å². The zero-order valence-electron chi connectivity index (χ0n) is 16.3. The molecule has 2 heterocycles. The number of aromatic carboxylic acids is 1. The number of halogens is 1. The molecule has 0 amide bonds. The molecule has 1 N–H and O–H groups in total. The molecular weight excluding hydrogens is 395 g/mol. The van der Waals surface area contributed by atoms with Crippen molar-refractivity contribution in [3.63, 3.8) is 0 Å². The molecule has 0 unspecified atom stereocenters. The summed E-state index contributed by atoms with van der Waals surface area (Å²) in [6.07, 6.45) is 0. The van der Waals surface area contributed by atoms with Crippen LogP contribution < -0.4 is 5.69 Å². The average Bonchev–Trinajstić information content (AvgIpc) is 3.03. The molecule has 0 radical (unpaired) electrons. The third kappa shape index (κ3) is 4.18. The number of benzene rings is 1. The van der Waals surface area contributed by atoms with E-state index in [1.807, 2.05) is 30.3 Å². The van der Waals surface area contributed by atoms with Crippen LogP contribution in [0.15, 0.2) is 41.2 Å². The predicted octanol–water partition coefficient (Wildman–Crippen LogP) is 2.21. The summed E-state index contributed by atoms with van der Waals surface area (Å²) in [7, 11) is 0. The number of aromatic nitrogens is 4. The molecule has 3 aromatic rings. The first kappa shape index (κ1) is 21.1. The zero-order valence-corrected chi connectivity index (χ0v) is 16.3. The lowest BCUT2D eigenvalue weighted by Gasteiger charge is -2.06. The van der Waals surface area contributed by atoms with E-state index in [4.69, 9.17) is 9.84 Å². The fourth-order valence-corrected chi connectivity index (χ4v) is 2.89. The molecule has 1 aromatic carbocycles. The van der Waals surface area contributed by atoms with Gasteiger partial charge in [0, 0.05) is 13.5 Å². The SMILES string of the molecule is CCn1c(COCc2ccccc2)nn(-c2nc(C(C)=O)c(C(=O)O)cc2F)c1=O. The number of carbonyl (C=O) groups is 2. The van der Waals surface area contributed by atoms with Crippen LogP contribution in [0.1, 0.15) is 46.1 Å². The molecule has 10 heteroatoms. The summed E-state index contributed by atoms with van der Waals surface area (Å²) in [6, 6.07) is 10.1. The number of nitrogens with zero attached hydrogens (tertiary/aromatic N) is 4. The second-order valence-corrected chi connectivity index (χ2v) is 6.38. The number of ketones is 1. The Hall–Kier alpha value is -3.66. The van der Waals surface area contributed by atoms with Crippen LogP contribution in [0, 0.1) is 5.82 Å². The lowest BCUT2D eigenvalue weighted by atomic mass is 10.1. The van der Waals surface area contributed by atoms with Crippen molar-refractivity contribution in [1.82, 2.24) is 19.3 Å². The largest absolute Gasteiger partial charge is 0.478 e. The molecule has 0 spiro atoms. The van der Waals surface area contributed by atoms with Gasteiger partial charge in [0.05, 0.1) is 12.2 Å². The molecule has 30 heavy (non-hydrogen) atoms. The van der Waals surface area contributed by atoms with Gasteiger partial charge in [0.1, 0.15) is 12.3 Å². The molecule has 0 bridgehead atoms. The predicted molar refractivity (Wildman–Crippen MR) is 103 cm³/mol. The minimum Gasteiger partial charge on any atom is -0.478 e. The standard InChI is InChI=1S/C20H19FN4O5/c1-3-24-16(11-30-10-13-7-5-4-6-8-13)23-25(20(24)29)18-15(21)9-14(19(27)28)17(22-18)12(2)26/h4-9H,3,10-11H2,1-2H3,(H,27,28). The van der Waals surface area contributed by atoms with E-state index >= 15 is 0 Å². The number of carboxylic acids is 1. The monoisotopic (exact) mass is 414 g/mol. The van der Waals surface area contributed by atoms with Crippen LogP contribution in [0.3, 0.4) is 0 Å². The summed E-state index contributed by atoms with van der Waals surface area (Å²) in [4.78, 5) is 39.5. The second kappa shape index (κ2) is 8.78. The minimum absolute atomic E-state index is 0.0145. The van der Waals surface area contributed by atoms with Gasteiger partial charge in [0.25, 0.3) is 0 Å². The van der Waals surface area contributed by atoms with Crippen LogP contribution >= 0.6 is 0 Å². The van der Waals surface area contributed by atoms with E-state index in [1.54, 1.807) is 6.92 Å². The lowest BCUT2D eigenvalue weighted by molar-refractivity contribution is 0.0690. The van der Waals surface area contributed by atoms with Gasteiger partial charge in [-0.2, -0.15) is 4.68 Å². The summed E-state index contributed by atoms with van der Waals surface area (Å²) in [5.41, 5.74) is -0.790. The average molecular weight is 414 g/mol. The highest BCUT2D eigenvalue weighted by atomic mass is 19.1. The van der Waals surface area contributed by atoms with Crippen LogP contribution in [0.25, 0.3) is 5.82 Å². The van der Waals surface area contributed by atoms with Crippen LogP contribution in [0.5, 0.6) is 0 Å². The molecule has 0 aliphatic rings. The Morgan fingerprint density at radius 2 is 1.90 bits per heavy atom. The fraction of sp³-hybridized carbons (Fsp3) is 0.250. The number of rotatable bonds is 8. The Bertz CT molecular complexity index is 1150. The first-order valence-corrected chi connectivity index (χ1v) is 9.09. The van der Waals surface area contributed by atoms with E-state index < -0.39 is 40.3 Å². The first-order valence-electron chi connectivity index (χ1n) is 9.09. The van der Waals surface area contributed by atoms with Gasteiger partial charge in [-0.1, -0.05) is 30.3 Å². The molecule has 2 aromatic heterocycles. The van der Waals surface area contributed by atoms with Crippen molar-refractivity contribution in [2.75, 3.05) is 0 Å².